The summed E-state index contributed by atoms with van der Waals surface area (Å²) in [5, 5.41) is 11.7. The number of aromatic amines is 1. The molecular weight excluding hydrogens is 328 g/mol. The second kappa shape index (κ2) is 6.92. The number of carbonyl (C=O) groups is 1. The van der Waals surface area contributed by atoms with E-state index in [9.17, 15) is 4.79 Å². The van der Waals surface area contributed by atoms with Crippen molar-refractivity contribution in [3.05, 3.63) is 48.2 Å². The van der Waals surface area contributed by atoms with Crippen LogP contribution < -0.4 is 5.32 Å². The minimum atomic E-state index is 0.0371. The third kappa shape index (κ3) is 2.99. The van der Waals surface area contributed by atoms with Crippen LogP contribution in [0.4, 0.5) is 0 Å². The molecule has 0 unspecified atom stereocenters. The summed E-state index contributed by atoms with van der Waals surface area (Å²) >= 11 is 0. The maximum absolute atomic E-state index is 12.4. The number of H-pyrrole nitrogens is 1. The van der Waals surface area contributed by atoms with Gasteiger partial charge in [0.25, 0.3) is 0 Å². The zero-order chi connectivity index (χ0) is 18.1. The van der Waals surface area contributed by atoms with Gasteiger partial charge in [-0.25, -0.2) is 4.98 Å². The highest BCUT2D eigenvalue weighted by Gasteiger charge is 2.41. The van der Waals surface area contributed by atoms with E-state index in [1.165, 1.54) is 5.56 Å². The Morgan fingerprint density at radius 2 is 2.27 bits per heavy atom. The molecule has 0 spiro atoms. The molecule has 1 aliphatic heterocycles. The fourth-order valence-electron chi connectivity index (χ4n) is 3.93. The highest BCUT2D eigenvalue weighted by Crippen LogP contribution is 2.36. The monoisotopic (exact) mass is 352 g/mol. The first kappa shape index (κ1) is 16.8. The zero-order valence-corrected chi connectivity index (χ0v) is 15.1. The lowest BCUT2D eigenvalue weighted by molar-refractivity contribution is -0.128. The number of carbonyl (C=O) groups excluding carboxylic acids is 1. The fraction of sp³-hybridized carbons (Fsp3) is 0.421. The van der Waals surface area contributed by atoms with Gasteiger partial charge in [0.2, 0.25) is 5.91 Å². The average Bonchev–Trinajstić information content (AvgIpc) is 3.33. The van der Waals surface area contributed by atoms with Gasteiger partial charge in [-0.05, 0) is 18.6 Å². The Morgan fingerprint density at radius 1 is 1.38 bits per heavy atom. The number of hydrogen-bond acceptors (Lipinski definition) is 4. The molecule has 4 rings (SSSR count). The highest BCUT2D eigenvalue weighted by molar-refractivity contribution is 5.79. The van der Waals surface area contributed by atoms with Gasteiger partial charge < -0.3 is 14.8 Å². The van der Waals surface area contributed by atoms with Crippen molar-refractivity contribution in [3.8, 4) is 0 Å². The molecule has 0 bridgehead atoms. The first-order valence-electron chi connectivity index (χ1n) is 9.06. The molecule has 1 aromatic carbocycles. The molecule has 136 valence electrons. The second-order valence-electron chi connectivity index (χ2n) is 6.91. The van der Waals surface area contributed by atoms with Gasteiger partial charge in [0.1, 0.15) is 5.82 Å². The van der Waals surface area contributed by atoms with E-state index in [0.717, 1.165) is 29.8 Å². The first-order valence-corrected chi connectivity index (χ1v) is 9.06. The van der Waals surface area contributed by atoms with Crippen molar-refractivity contribution in [2.45, 2.75) is 25.9 Å². The lowest BCUT2D eigenvalue weighted by atomic mass is 9.99. The van der Waals surface area contributed by atoms with Crippen molar-refractivity contribution in [2.75, 3.05) is 13.1 Å². The number of amides is 1. The number of aryl methyl sites for hydroxylation is 1. The van der Waals surface area contributed by atoms with E-state index in [1.54, 1.807) is 6.20 Å². The van der Waals surface area contributed by atoms with Crippen LogP contribution in [-0.2, 0) is 18.4 Å². The number of fused-ring (bicyclic) bond motifs is 1. The number of hydrogen-bond donors (Lipinski definition) is 2. The van der Waals surface area contributed by atoms with Crippen molar-refractivity contribution in [1.29, 1.82) is 0 Å². The number of imidazole rings is 1. The van der Waals surface area contributed by atoms with Crippen molar-refractivity contribution in [3.63, 3.8) is 0 Å². The lowest BCUT2D eigenvalue weighted by Crippen LogP contribution is -2.33. The molecule has 0 saturated carbocycles. The number of benzene rings is 1. The van der Waals surface area contributed by atoms with Crippen molar-refractivity contribution in [2.24, 2.45) is 13.0 Å². The SMILES string of the molecule is CCN1C(=O)C[C@@H](CNCc2ccc3cn[nH]c3c2)[C@@H]1c1nccn1C. The van der Waals surface area contributed by atoms with Crippen LogP contribution in [0, 0.1) is 5.92 Å². The number of rotatable bonds is 6. The predicted molar refractivity (Wildman–Crippen MR) is 99.2 cm³/mol. The summed E-state index contributed by atoms with van der Waals surface area (Å²) in [5.74, 6) is 1.40. The molecule has 0 radical (unpaired) electrons. The van der Waals surface area contributed by atoms with E-state index < -0.39 is 0 Å². The number of likely N-dealkylation sites (tertiary alicyclic amines) is 1. The number of nitrogens with zero attached hydrogens (tertiary/aromatic N) is 4. The minimum absolute atomic E-state index is 0.0371. The maximum Gasteiger partial charge on any atom is 0.223 e. The van der Waals surface area contributed by atoms with Crippen molar-refractivity contribution in [1.82, 2.24) is 30.0 Å². The Bertz CT molecular complexity index is 914. The van der Waals surface area contributed by atoms with E-state index in [-0.39, 0.29) is 17.9 Å². The molecule has 2 aromatic heterocycles. The van der Waals surface area contributed by atoms with Crippen LogP contribution >= 0.6 is 0 Å². The summed E-state index contributed by atoms with van der Waals surface area (Å²) in [5.41, 5.74) is 2.25. The molecule has 7 heteroatoms. The van der Waals surface area contributed by atoms with Gasteiger partial charge in [0, 0.05) is 56.8 Å². The van der Waals surface area contributed by atoms with Crippen LogP contribution in [0.5, 0.6) is 0 Å². The van der Waals surface area contributed by atoms with E-state index >= 15 is 0 Å². The molecule has 3 heterocycles. The normalized spacial score (nSPS) is 20.4. The van der Waals surface area contributed by atoms with Gasteiger partial charge in [-0.3, -0.25) is 9.89 Å². The summed E-state index contributed by atoms with van der Waals surface area (Å²) in [4.78, 5) is 18.9. The Labute approximate surface area is 152 Å². The molecule has 26 heavy (non-hydrogen) atoms. The zero-order valence-electron chi connectivity index (χ0n) is 15.1. The molecule has 2 atom stereocenters. The summed E-state index contributed by atoms with van der Waals surface area (Å²) < 4.78 is 2.02. The Balaban J connectivity index is 1.45. The van der Waals surface area contributed by atoms with Gasteiger partial charge in [0.05, 0.1) is 17.8 Å². The molecule has 0 aliphatic carbocycles. The van der Waals surface area contributed by atoms with Crippen molar-refractivity contribution < 1.29 is 4.79 Å². The fourth-order valence-corrected chi connectivity index (χ4v) is 3.93. The molecular formula is C19H24N6O. The van der Waals surface area contributed by atoms with Gasteiger partial charge in [-0.1, -0.05) is 12.1 Å². The summed E-state index contributed by atoms with van der Waals surface area (Å²) in [6.07, 6.45) is 6.14. The van der Waals surface area contributed by atoms with Crippen LogP contribution in [-0.4, -0.2) is 43.6 Å². The topological polar surface area (TPSA) is 78.8 Å². The quantitative estimate of drug-likeness (QED) is 0.711. The number of nitrogens with one attached hydrogen (secondary N) is 2. The summed E-state index contributed by atoms with van der Waals surface area (Å²) in [6.45, 7) is 4.28. The minimum Gasteiger partial charge on any atom is -0.336 e. The molecule has 1 amide bonds. The van der Waals surface area contributed by atoms with Gasteiger partial charge >= 0.3 is 0 Å². The molecule has 1 saturated heterocycles. The van der Waals surface area contributed by atoms with Crippen molar-refractivity contribution >= 4 is 16.8 Å². The Morgan fingerprint density at radius 3 is 3.04 bits per heavy atom. The smallest absolute Gasteiger partial charge is 0.223 e. The number of aromatic nitrogens is 4. The van der Waals surface area contributed by atoms with Crippen LogP contribution in [0.15, 0.2) is 36.8 Å². The largest absolute Gasteiger partial charge is 0.336 e. The first-order chi connectivity index (χ1) is 12.7. The van der Waals surface area contributed by atoms with Crippen LogP contribution in [0.2, 0.25) is 0 Å². The molecule has 1 aliphatic rings. The Hall–Kier alpha value is -2.67. The molecule has 3 aromatic rings. The maximum atomic E-state index is 12.4. The Kier molecular flexibility index (Phi) is 4.46. The summed E-state index contributed by atoms with van der Waals surface area (Å²) in [7, 11) is 1.99. The standard InChI is InChI=1S/C19H24N6O/c1-3-25-17(26)9-15(18(25)19-21-6-7-24(19)2)11-20-10-13-4-5-14-12-22-23-16(14)8-13/h4-8,12,15,18,20H,3,9-11H2,1-2H3,(H,22,23)/t15-,18+/m0/s1. The van der Waals surface area contributed by atoms with Crippen LogP contribution in [0.25, 0.3) is 10.9 Å². The van der Waals surface area contributed by atoms with E-state index in [0.29, 0.717) is 13.0 Å². The molecule has 7 nitrogen and oxygen atoms in total. The van der Waals surface area contributed by atoms with Crippen LogP contribution in [0.3, 0.4) is 0 Å². The van der Waals surface area contributed by atoms with Gasteiger partial charge in [-0.2, -0.15) is 5.10 Å². The van der Waals surface area contributed by atoms with E-state index in [1.807, 2.05) is 35.8 Å². The molecule has 1 fully saturated rings. The van der Waals surface area contributed by atoms with Gasteiger partial charge in [-0.15, -0.1) is 0 Å². The third-order valence-corrected chi connectivity index (χ3v) is 5.25. The average molecular weight is 352 g/mol. The summed E-state index contributed by atoms with van der Waals surface area (Å²) in [6, 6.07) is 6.34. The predicted octanol–water partition coefficient (Wildman–Crippen LogP) is 2.00. The van der Waals surface area contributed by atoms with E-state index in [4.69, 9.17) is 0 Å². The van der Waals surface area contributed by atoms with Crippen LogP contribution in [0.1, 0.15) is 30.8 Å². The molecule has 2 N–H and O–H groups in total. The van der Waals surface area contributed by atoms with E-state index in [2.05, 4.69) is 38.7 Å². The second-order valence-corrected chi connectivity index (χ2v) is 6.91. The lowest BCUT2D eigenvalue weighted by Gasteiger charge is -2.27. The highest BCUT2D eigenvalue weighted by atomic mass is 16.2. The third-order valence-electron chi connectivity index (χ3n) is 5.25. The van der Waals surface area contributed by atoms with Gasteiger partial charge in [0.15, 0.2) is 0 Å².